The fourth-order valence-corrected chi connectivity index (χ4v) is 4.48. The third-order valence-corrected chi connectivity index (χ3v) is 6.02. The zero-order valence-corrected chi connectivity index (χ0v) is 18.0. The maximum absolute atomic E-state index is 5.86. The van der Waals surface area contributed by atoms with Gasteiger partial charge in [-0.3, -0.25) is 0 Å². The Hall–Kier alpha value is -3.08. The molecule has 2 heterocycles. The number of methoxy groups -OCH3 is 2. The van der Waals surface area contributed by atoms with Gasteiger partial charge in [0.25, 0.3) is 0 Å². The first-order valence-electron chi connectivity index (χ1n) is 10.5. The topological polar surface area (TPSA) is 46.7 Å². The highest BCUT2D eigenvalue weighted by Gasteiger charge is 2.27. The monoisotopic (exact) mass is 406 g/mol. The smallest absolute Gasteiger partial charge is 0.161 e. The van der Waals surface area contributed by atoms with Crippen LogP contribution in [0.4, 0.5) is 0 Å². The standard InChI is InChI=1S/C25H30N2O3/c1-5-27-12-11-17-13-24(29-4)25(30-6-2)15-21(17)23(27)10-7-18-16-26-22-9-8-19(28-3)14-20(18)22/h5,8-9,13-16,23,26H,1,6-7,10-12H2,2-4H3. The second-order valence-electron chi connectivity index (χ2n) is 7.59. The third kappa shape index (κ3) is 3.72. The predicted molar refractivity (Wildman–Crippen MR) is 121 cm³/mol. The largest absolute Gasteiger partial charge is 0.497 e. The first-order chi connectivity index (χ1) is 14.7. The summed E-state index contributed by atoms with van der Waals surface area (Å²) in [6, 6.07) is 10.7. The average molecular weight is 407 g/mol. The van der Waals surface area contributed by atoms with Gasteiger partial charge in [0.15, 0.2) is 11.5 Å². The number of H-pyrrole nitrogens is 1. The van der Waals surface area contributed by atoms with Crippen LogP contribution in [0.15, 0.2) is 49.3 Å². The Morgan fingerprint density at radius 3 is 2.77 bits per heavy atom. The van der Waals surface area contributed by atoms with Gasteiger partial charge in [-0.05, 0) is 79.4 Å². The molecule has 1 atom stereocenters. The van der Waals surface area contributed by atoms with Crippen LogP contribution in [-0.2, 0) is 12.8 Å². The van der Waals surface area contributed by atoms with E-state index in [2.05, 4.69) is 46.9 Å². The number of nitrogens with zero attached hydrogens (tertiary/aromatic N) is 1. The van der Waals surface area contributed by atoms with Crippen molar-refractivity contribution in [2.24, 2.45) is 0 Å². The summed E-state index contributed by atoms with van der Waals surface area (Å²) in [6.07, 6.45) is 7.01. The highest BCUT2D eigenvalue weighted by Crippen LogP contribution is 2.40. The molecule has 4 rings (SSSR count). The van der Waals surface area contributed by atoms with Gasteiger partial charge in [-0.25, -0.2) is 0 Å². The van der Waals surface area contributed by atoms with Crippen LogP contribution in [0.25, 0.3) is 10.9 Å². The number of aryl methyl sites for hydroxylation is 1. The van der Waals surface area contributed by atoms with Crippen LogP contribution in [0.5, 0.6) is 17.2 Å². The quantitative estimate of drug-likeness (QED) is 0.554. The van der Waals surface area contributed by atoms with Crippen molar-refractivity contribution in [2.45, 2.75) is 32.2 Å². The van der Waals surface area contributed by atoms with Gasteiger partial charge < -0.3 is 24.1 Å². The molecule has 30 heavy (non-hydrogen) atoms. The number of ether oxygens (including phenoxy) is 3. The number of hydrogen-bond acceptors (Lipinski definition) is 4. The van der Waals surface area contributed by atoms with Crippen LogP contribution < -0.4 is 14.2 Å². The minimum atomic E-state index is 0.256. The summed E-state index contributed by atoms with van der Waals surface area (Å²) in [6.45, 7) is 7.63. The van der Waals surface area contributed by atoms with Gasteiger partial charge in [0.05, 0.1) is 26.9 Å². The molecule has 1 N–H and O–H groups in total. The van der Waals surface area contributed by atoms with E-state index in [0.29, 0.717) is 6.61 Å². The molecule has 158 valence electrons. The van der Waals surface area contributed by atoms with E-state index in [1.807, 2.05) is 19.2 Å². The molecule has 0 saturated carbocycles. The fraction of sp³-hybridized carbons (Fsp3) is 0.360. The lowest BCUT2D eigenvalue weighted by atomic mass is 9.88. The summed E-state index contributed by atoms with van der Waals surface area (Å²) in [7, 11) is 3.41. The summed E-state index contributed by atoms with van der Waals surface area (Å²) in [5.74, 6) is 2.50. The number of aromatic amines is 1. The van der Waals surface area contributed by atoms with Crippen molar-refractivity contribution in [3.05, 3.63) is 66.0 Å². The number of aromatic nitrogens is 1. The highest BCUT2D eigenvalue weighted by molar-refractivity contribution is 5.84. The normalized spacial score (nSPS) is 15.7. The molecule has 5 nitrogen and oxygen atoms in total. The van der Waals surface area contributed by atoms with Crippen molar-refractivity contribution in [2.75, 3.05) is 27.4 Å². The molecule has 0 saturated heterocycles. The molecule has 1 aliphatic rings. The van der Waals surface area contributed by atoms with Crippen LogP contribution in [-0.4, -0.2) is 37.3 Å². The molecular formula is C25H30N2O3. The van der Waals surface area contributed by atoms with Gasteiger partial charge in [0.1, 0.15) is 5.75 Å². The maximum Gasteiger partial charge on any atom is 0.161 e. The Kier molecular flexibility index (Phi) is 5.88. The first-order valence-corrected chi connectivity index (χ1v) is 10.5. The number of benzene rings is 2. The van der Waals surface area contributed by atoms with E-state index in [9.17, 15) is 0 Å². The molecule has 0 bridgehead atoms. The second-order valence-corrected chi connectivity index (χ2v) is 7.59. The van der Waals surface area contributed by atoms with Crippen LogP contribution in [0.2, 0.25) is 0 Å². The molecule has 0 spiro atoms. The van der Waals surface area contributed by atoms with Gasteiger partial charge in [-0.1, -0.05) is 6.58 Å². The minimum absolute atomic E-state index is 0.256. The summed E-state index contributed by atoms with van der Waals surface area (Å²) in [5, 5.41) is 1.22. The number of hydrogen-bond donors (Lipinski definition) is 1. The van der Waals surface area contributed by atoms with Crippen LogP contribution >= 0.6 is 0 Å². The van der Waals surface area contributed by atoms with E-state index in [4.69, 9.17) is 14.2 Å². The molecule has 0 amide bonds. The minimum Gasteiger partial charge on any atom is -0.497 e. The van der Waals surface area contributed by atoms with E-state index in [0.717, 1.165) is 48.6 Å². The molecule has 1 unspecified atom stereocenters. The average Bonchev–Trinajstić information content (AvgIpc) is 3.19. The SMILES string of the molecule is C=CN1CCc2cc(OC)c(OCC)cc2C1CCc1c[nH]c2ccc(OC)cc12. The molecule has 1 aromatic heterocycles. The van der Waals surface area contributed by atoms with E-state index in [1.54, 1.807) is 14.2 Å². The molecule has 1 aliphatic heterocycles. The Morgan fingerprint density at radius 1 is 1.17 bits per heavy atom. The summed E-state index contributed by atoms with van der Waals surface area (Å²) in [4.78, 5) is 5.73. The summed E-state index contributed by atoms with van der Waals surface area (Å²) in [5.41, 5.74) is 5.08. The zero-order valence-electron chi connectivity index (χ0n) is 18.0. The lowest BCUT2D eigenvalue weighted by Gasteiger charge is -2.37. The van der Waals surface area contributed by atoms with Gasteiger partial charge in [0.2, 0.25) is 0 Å². The highest BCUT2D eigenvalue weighted by atomic mass is 16.5. The fourth-order valence-electron chi connectivity index (χ4n) is 4.48. The number of fused-ring (bicyclic) bond motifs is 2. The van der Waals surface area contributed by atoms with Crippen LogP contribution in [0.1, 0.15) is 36.1 Å². The van der Waals surface area contributed by atoms with Gasteiger partial charge in [-0.15, -0.1) is 0 Å². The van der Waals surface area contributed by atoms with Gasteiger partial charge >= 0.3 is 0 Å². The summed E-state index contributed by atoms with van der Waals surface area (Å²) >= 11 is 0. The Balaban J connectivity index is 1.65. The molecule has 0 radical (unpaired) electrons. The van der Waals surface area contributed by atoms with E-state index >= 15 is 0 Å². The van der Waals surface area contributed by atoms with Crippen molar-refractivity contribution < 1.29 is 14.2 Å². The van der Waals surface area contributed by atoms with E-state index < -0.39 is 0 Å². The van der Waals surface area contributed by atoms with Crippen molar-refractivity contribution in [3.8, 4) is 17.2 Å². The van der Waals surface area contributed by atoms with Crippen molar-refractivity contribution in [1.29, 1.82) is 0 Å². The third-order valence-electron chi connectivity index (χ3n) is 6.02. The molecule has 5 heteroatoms. The number of rotatable bonds is 8. The molecule has 2 aromatic carbocycles. The molecular weight excluding hydrogens is 376 g/mol. The van der Waals surface area contributed by atoms with Gasteiger partial charge in [-0.2, -0.15) is 0 Å². The van der Waals surface area contributed by atoms with Crippen molar-refractivity contribution >= 4 is 10.9 Å². The molecule has 0 aliphatic carbocycles. The summed E-state index contributed by atoms with van der Waals surface area (Å²) < 4.78 is 16.8. The maximum atomic E-state index is 5.86. The van der Waals surface area contributed by atoms with Gasteiger partial charge in [0, 0.05) is 23.6 Å². The molecule has 0 fully saturated rings. The molecule has 3 aromatic rings. The van der Waals surface area contributed by atoms with E-state index in [-0.39, 0.29) is 6.04 Å². The predicted octanol–water partition coefficient (Wildman–Crippen LogP) is 5.26. The Labute approximate surface area is 178 Å². The number of nitrogens with one attached hydrogen (secondary N) is 1. The lowest BCUT2D eigenvalue weighted by molar-refractivity contribution is 0.248. The van der Waals surface area contributed by atoms with Crippen molar-refractivity contribution in [1.82, 2.24) is 9.88 Å². The Bertz CT molecular complexity index is 1040. The van der Waals surface area contributed by atoms with Crippen molar-refractivity contribution in [3.63, 3.8) is 0 Å². The van der Waals surface area contributed by atoms with Crippen LogP contribution in [0.3, 0.4) is 0 Å². The van der Waals surface area contributed by atoms with Crippen LogP contribution in [0, 0.1) is 0 Å². The van der Waals surface area contributed by atoms with E-state index in [1.165, 1.54) is 22.1 Å². The first kappa shape index (κ1) is 20.2. The lowest BCUT2D eigenvalue weighted by Crippen LogP contribution is -2.31. The second kappa shape index (κ2) is 8.74. The zero-order chi connectivity index (χ0) is 21.1. The Morgan fingerprint density at radius 2 is 2.03 bits per heavy atom.